The molecule has 0 saturated carbocycles. The highest BCUT2D eigenvalue weighted by Crippen LogP contribution is 2.35. The molecule has 0 aliphatic carbocycles. The van der Waals surface area contributed by atoms with Gasteiger partial charge in [0.05, 0.1) is 12.2 Å². The maximum atomic E-state index is 12.2. The maximum Gasteiger partial charge on any atom is 0.271 e. The van der Waals surface area contributed by atoms with E-state index in [4.69, 9.17) is 0 Å². The average Bonchev–Trinajstić information content (AvgIpc) is 3.26. The van der Waals surface area contributed by atoms with Gasteiger partial charge in [-0.15, -0.1) is 11.3 Å². The Labute approximate surface area is 142 Å². The Balaban J connectivity index is 1.54. The summed E-state index contributed by atoms with van der Waals surface area (Å²) in [7, 11) is -3.50. The summed E-state index contributed by atoms with van der Waals surface area (Å²) < 4.78 is 27.3. The van der Waals surface area contributed by atoms with Crippen molar-refractivity contribution in [1.29, 1.82) is 0 Å². The zero-order valence-electron chi connectivity index (χ0n) is 12.0. The van der Waals surface area contributed by atoms with Crippen LogP contribution in [0.25, 0.3) is 5.70 Å². The third-order valence-electron chi connectivity index (χ3n) is 3.56. The molecule has 2 aromatic rings. The number of thiophene rings is 1. The fraction of sp³-hybridized carbons (Fsp3) is 0.133. The fourth-order valence-corrected chi connectivity index (χ4v) is 5.49. The molecule has 0 radical (unpaired) electrons. The SMILES string of the molecule is O=S(=O)(Nc1ccc(C2=CSC3=NCCN23)cc1)c1cccs1. The zero-order valence-corrected chi connectivity index (χ0v) is 14.4. The van der Waals surface area contributed by atoms with Gasteiger partial charge >= 0.3 is 0 Å². The topological polar surface area (TPSA) is 61.8 Å². The molecule has 3 heterocycles. The molecule has 0 atom stereocenters. The average molecular weight is 363 g/mol. The van der Waals surface area contributed by atoms with Crippen LogP contribution in [-0.4, -0.2) is 31.6 Å². The molecule has 1 N–H and O–H groups in total. The number of sulfonamides is 1. The number of nitrogens with one attached hydrogen (secondary N) is 1. The van der Waals surface area contributed by atoms with Gasteiger partial charge in [0.15, 0.2) is 5.17 Å². The van der Waals surface area contributed by atoms with Crippen molar-refractivity contribution in [1.82, 2.24) is 4.90 Å². The number of nitrogens with zero attached hydrogens (tertiary/aromatic N) is 2. The van der Waals surface area contributed by atoms with Crippen LogP contribution in [-0.2, 0) is 10.0 Å². The minimum atomic E-state index is -3.50. The molecule has 0 fully saturated rings. The molecule has 2 aliphatic heterocycles. The van der Waals surface area contributed by atoms with E-state index in [0.29, 0.717) is 9.90 Å². The summed E-state index contributed by atoms with van der Waals surface area (Å²) in [5, 5.41) is 4.88. The zero-order chi connectivity index (χ0) is 15.9. The van der Waals surface area contributed by atoms with Crippen molar-refractivity contribution in [2.75, 3.05) is 17.8 Å². The second-order valence-corrected chi connectivity index (χ2v) is 8.75. The van der Waals surface area contributed by atoms with E-state index in [1.54, 1.807) is 41.4 Å². The first-order valence-corrected chi connectivity index (χ1v) is 10.2. The number of thioether (sulfide) groups is 1. The smallest absolute Gasteiger partial charge is 0.271 e. The number of benzene rings is 1. The number of amidine groups is 1. The molecule has 0 unspecified atom stereocenters. The molecule has 1 aromatic heterocycles. The lowest BCUT2D eigenvalue weighted by Crippen LogP contribution is -2.19. The number of anilines is 1. The van der Waals surface area contributed by atoms with Gasteiger partial charge in [0.2, 0.25) is 0 Å². The van der Waals surface area contributed by atoms with Gasteiger partial charge < -0.3 is 4.90 Å². The quantitative estimate of drug-likeness (QED) is 0.906. The van der Waals surface area contributed by atoms with Crippen molar-refractivity contribution in [2.45, 2.75) is 4.21 Å². The van der Waals surface area contributed by atoms with Gasteiger partial charge in [-0.3, -0.25) is 9.71 Å². The summed E-state index contributed by atoms with van der Waals surface area (Å²) in [6.07, 6.45) is 0. The molecule has 4 rings (SSSR count). The highest BCUT2D eigenvalue weighted by molar-refractivity contribution is 8.16. The van der Waals surface area contributed by atoms with Crippen LogP contribution in [0, 0.1) is 0 Å². The molecular weight excluding hydrogens is 350 g/mol. The largest absolute Gasteiger partial charge is 0.318 e. The Morgan fingerprint density at radius 2 is 2.00 bits per heavy atom. The van der Waals surface area contributed by atoms with Gasteiger partial charge in [-0.2, -0.15) is 0 Å². The second-order valence-electron chi connectivity index (χ2n) is 5.05. The summed E-state index contributed by atoms with van der Waals surface area (Å²) in [6.45, 7) is 1.74. The maximum absolute atomic E-state index is 12.2. The molecular formula is C15H13N3O2S3. The Morgan fingerprint density at radius 1 is 1.17 bits per heavy atom. The van der Waals surface area contributed by atoms with E-state index in [-0.39, 0.29) is 0 Å². The normalized spacial score (nSPS) is 17.0. The minimum absolute atomic E-state index is 0.314. The minimum Gasteiger partial charge on any atom is -0.318 e. The summed E-state index contributed by atoms with van der Waals surface area (Å²) in [6, 6.07) is 10.8. The second kappa shape index (κ2) is 5.70. The number of rotatable bonds is 4. The number of hydrogen-bond donors (Lipinski definition) is 1. The van der Waals surface area contributed by atoms with Crippen LogP contribution in [0.2, 0.25) is 0 Å². The molecule has 2 aliphatic rings. The first-order chi connectivity index (χ1) is 11.1. The summed E-state index contributed by atoms with van der Waals surface area (Å²) >= 11 is 2.83. The van der Waals surface area contributed by atoms with Crippen LogP contribution in [0.4, 0.5) is 5.69 Å². The molecule has 0 spiro atoms. The first-order valence-electron chi connectivity index (χ1n) is 6.99. The van der Waals surface area contributed by atoms with E-state index in [1.165, 1.54) is 11.3 Å². The predicted molar refractivity (Wildman–Crippen MR) is 96.1 cm³/mol. The van der Waals surface area contributed by atoms with E-state index < -0.39 is 10.0 Å². The molecule has 118 valence electrons. The van der Waals surface area contributed by atoms with E-state index in [1.807, 2.05) is 12.1 Å². The predicted octanol–water partition coefficient (Wildman–Crippen LogP) is 3.27. The lowest BCUT2D eigenvalue weighted by atomic mass is 10.1. The standard InChI is InChI=1S/C15H13N3O2S3/c19-23(20,14-2-1-9-21-14)17-12-5-3-11(4-6-12)13-10-22-15-16-7-8-18(13)15/h1-6,9-10,17H,7-8H2. The number of aliphatic imine (C=N–C) groups is 1. The van der Waals surface area contributed by atoms with E-state index in [2.05, 4.69) is 20.0 Å². The summed E-state index contributed by atoms with van der Waals surface area (Å²) in [5.74, 6) is 0. The Hall–Kier alpha value is -1.77. The Morgan fingerprint density at radius 3 is 2.74 bits per heavy atom. The summed E-state index contributed by atoms with van der Waals surface area (Å²) in [4.78, 5) is 6.62. The van der Waals surface area contributed by atoms with Crippen LogP contribution in [0.3, 0.4) is 0 Å². The third kappa shape index (κ3) is 2.77. The van der Waals surface area contributed by atoms with Gasteiger partial charge in [-0.05, 0) is 29.1 Å². The molecule has 0 amide bonds. The van der Waals surface area contributed by atoms with Crippen molar-refractivity contribution in [3.8, 4) is 0 Å². The number of fused-ring (bicyclic) bond motifs is 1. The lowest BCUT2D eigenvalue weighted by molar-refractivity contribution is 0.603. The molecule has 23 heavy (non-hydrogen) atoms. The molecule has 5 nitrogen and oxygen atoms in total. The molecule has 1 aromatic carbocycles. The van der Waals surface area contributed by atoms with E-state index in [9.17, 15) is 8.42 Å². The fourth-order valence-electron chi connectivity index (χ4n) is 2.48. The highest BCUT2D eigenvalue weighted by atomic mass is 32.2. The van der Waals surface area contributed by atoms with E-state index >= 15 is 0 Å². The van der Waals surface area contributed by atoms with Gasteiger partial charge in [-0.1, -0.05) is 30.0 Å². The van der Waals surface area contributed by atoms with Crippen LogP contribution in [0.15, 0.2) is 56.4 Å². The Bertz CT molecular complexity index is 885. The van der Waals surface area contributed by atoms with Crippen molar-refractivity contribution in [3.63, 3.8) is 0 Å². The van der Waals surface area contributed by atoms with Crippen molar-refractivity contribution >= 4 is 49.7 Å². The molecule has 8 heteroatoms. The monoisotopic (exact) mass is 363 g/mol. The van der Waals surface area contributed by atoms with Crippen LogP contribution in [0.5, 0.6) is 0 Å². The van der Waals surface area contributed by atoms with Gasteiger partial charge in [0, 0.05) is 17.6 Å². The summed E-state index contributed by atoms with van der Waals surface area (Å²) in [5.41, 5.74) is 2.74. The van der Waals surface area contributed by atoms with Crippen LogP contribution in [0.1, 0.15) is 5.56 Å². The number of hydrogen-bond acceptors (Lipinski definition) is 6. The van der Waals surface area contributed by atoms with Crippen molar-refractivity contribution in [2.24, 2.45) is 4.99 Å². The van der Waals surface area contributed by atoms with Gasteiger partial charge in [-0.25, -0.2) is 8.42 Å². The van der Waals surface area contributed by atoms with Crippen molar-refractivity contribution in [3.05, 3.63) is 52.7 Å². The van der Waals surface area contributed by atoms with Gasteiger partial charge in [0.25, 0.3) is 10.0 Å². The van der Waals surface area contributed by atoms with E-state index in [0.717, 1.165) is 29.5 Å². The molecule has 0 bridgehead atoms. The Kier molecular flexibility index (Phi) is 3.67. The third-order valence-corrected chi connectivity index (χ3v) is 7.24. The lowest BCUT2D eigenvalue weighted by Gasteiger charge is -2.17. The first kappa shape index (κ1) is 14.8. The highest BCUT2D eigenvalue weighted by Gasteiger charge is 2.27. The molecule has 0 saturated heterocycles. The van der Waals surface area contributed by atoms with Crippen LogP contribution >= 0.6 is 23.1 Å². The van der Waals surface area contributed by atoms with Crippen molar-refractivity contribution < 1.29 is 8.42 Å². The van der Waals surface area contributed by atoms with Crippen LogP contribution < -0.4 is 4.72 Å². The van der Waals surface area contributed by atoms with Gasteiger partial charge in [0.1, 0.15) is 4.21 Å².